The molecule has 1 rings (SSSR count). The van der Waals surface area contributed by atoms with Crippen LogP contribution in [0.3, 0.4) is 0 Å². The average Bonchev–Trinajstić information content (AvgIpc) is 2.42. The first-order valence-electron chi connectivity index (χ1n) is 4.88. The fraction of sp³-hybridized carbons (Fsp3) is 0.545. The molecule has 0 amide bonds. The lowest BCUT2D eigenvalue weighted by atomic mass is 9.92. The lowest BCUT2D eigenvalue weighted by Crippen LogP contribution is -2.13. The van der Waals surface area contributed by atoms with Crippen LogP contribution in [-0.4, -0.2) is 15.6 Å². The van der Waals surface area contributed by atoms with Crippen LogP contribution in [0.1, 0.15) is 37.7 Å². The van der Waals surface area contributed by atoms with E-state index in [1.165, 1.54) is 6.07 Å². The molecule has 0 saturated carbocycles. The van der Waals surface area contributed by atoms with Gasteiger partial charge in [0.05, 0.1) is 5.02 Å². The second-order valence-corrected chi connectivity index (χ2v) is 5.29. The molecule has 1 aromatic heterocycles. The molecule has 3 nitrogen and oxygen atoms in total. The first-order valence-corrected chi connectivity index (χ1v) is 5.26. The van der Waals surface area contributed by atoms with E-state index >= 15 is 0 Å². The Balaban J connectivity index is 2.80. The Kier molecular flexibility index (Phi) is 3.45. The summed E-state index contributed by atoms with van der Waals surface area (Å²) in [6.45, 7) is 7.05. The molecule has 0 radical (unpaired) electrons. The number of carboxylic acids is 1. The highest BCUT2D eigenvalue weighted by molar-refractivity contribution is 6.30. The molecule has 0 saturated heterocycles. The van der Waals surface area contributed by atoms with Gasteiger partial charge >= 0.3 is 5.97 Å². The first kappa shape index (κ1) is 12.1. The van der Waals surface area contributed by atoms with E-state index in [0.717, 1.165) is 6.42 Å². The fourth-order valence-corrected chi connectivity index (χ4v) is 1.52. The van der Waals surface area contributed by atoms with Gasteiger partial charge in [0.15, 0.2) is 0 Å². The van der Waals surface area contributed by atoms with Crippen LogP contribution in [-0.2, 0) is 6.54 Å². The van der Waals surface area contributed by atoms with Crippen molar-refractivity contribution in [3.05, 3.63) is 23.0 Å². The molecule has 0 spiro atoms. The summed E-state index contributed by atoms with van der Waals surface area (Å²) < 4.78 is 1.69. The zero-order valence-corrected chi connectivity index (χ0v) is 10.0. The molecule has 0 aromatic carbocycles. The van der Waals surface area contributed by atoms with Crippen LogP contribution in [0.4, 0.5) is 0 Å². The third-order valence-electron chi connectivity index (χ3n) is 2.19. The maximum atomic E-state index is 10.9. The summed E-state index contributed by atoms with van der Waals surface area (Å²) in [5.74, 6) is -0.934. The van der Waals surface area contributed by atoms with E-state index in [1.807, 2.05) is 0 Å². The summed E-state index contributed by atoms with van der Waals surface area (Å²) in [6, 6.07) is 1.48. The lowest BCUT2D eigenvalue weighted by Gasteiger charge is -2.18. The number of carboxylic acid groups (broad SMARTS) is 1. The van der Waals surface area contributed by atoms with Crippen molar-refractivity contribution in [3.8, 4) is 0 Å². The van der Waals surface area contributed by atoms with E-state index in [0.29, 0.717) is 11.6 Å². The van der Waals surface area contributed by atoms with Crippen molar-refractivity contribution in [3.63, 3.8) is 0 Å². The predicted octanol–water partition coefficient (Wildman–Crippen LogP) is 3.28. The Labute approximate surface area is 94.7 Å². The number of rotatable bonds is 3. The number of aromatic carboxylic acids is 1. The van der Waals surface area contributed by atoms with Crippen molar-refractivity contribution in [2.45, 2.75) is 33.7 Å². The van der Waals surface area contributed by atoms with Crippen molar-refractivity contribution in [2.24, 2.45) is 5.41 Å². The van der Waals surface area contributed by atoms with E-state index in [2.05, 4.69) is 20.8 Å². The van der Waals surface area contributed by atoms with Crippen molar-refractivity contribution < 1.29 is 9.90 Å². The van der Waals surface area contributed by atoms with Gasteiger partial charge in [-0.3, -0.25) is 0 Å². The van der Waals surface area contributed by atoms with Crippen LogP contribution in [0.25, 0.3) is 0 Å². The van der Waals surface area contributed by atoms with Gasteiger partial charge in [0.25, 0.3) is 0 Å². The SMILES string of the molecule is CC(C)(C)CCn1cc(Cl)cc1C(=O)O. The molecule has 15 heavy (non-hydrogen) atoms. The fourth-order valence-electron chi connectivity index (χ4n) is 1.29. The van der Waals surface area contributed by atoms with Gasteiger partial charge in [0.1, 0.15) is 5.69 Å². The Bertz CT molecular complexity index is 363. The van der Waals surface area contributed by atoms with E-state index in [-0.39, 0.29) is 11.1 Å². The normalized spacial score (nSPS) is 11.7. The number of nitrogens with zero attached hydrogens (tertiary/aromatic N) is 1. The number of carbonyl (C=O) groups is 1. The topological polar surface area (TPSA) is 42.2 Å². The third kappa shape index (κ3) is 3.59. The van der Waals surface area contributed by atoms with Gasteiger partial charge in [-0.05, 0) is 17.9 Å². The summed E-state index contributed by atoms with van der Waals surface area (Å²) in [6.07, 6.45) is 2.58. The molecule has 0 aliphatic heterocycles. The predicted molar refractivity (Wildman–Crippen MR) is 60.5 cm³/mol. The minimum Gasteiger partial charge on any atom is -0.477 e. The van der Waals surface area contributed by atoms with Gasteiger partial charge in [-0.15, -0.1) is 0 Å². The molecule has 0 fully saturated rings. The molecule has 1 aromatic rings. The molecular weight excluding hydrogens is 214 g/mol. The Morgan fingerprint density at radius 1 is 1.53 bits per heavy atom. The largest absolute Gasteiger partial charge is 0.477 e. The Hall–Kier alpha value is -0.960. The van der Waals surface area contributed by atoms with Crippen LogP contribution >= 0.6 is 11.6 Å². The molecule has 0 unspecified atom stereocenters. The van der Waals surface area contributed by atoms with Crippen LogP contribution < -0.4 is 0 Å². The zero-order chi connectivity index (χ0) is 11.6. The van der Waals surface area contributed by atoms with Gasteiger partial charge in [0, 0.05) is 12.7 Å². The minimum absolute atomic E-state index is 0.187. The van der Waals surface area contributed by atoms with E-state index in [1.54, 1.807) is 10.8 Å². The Morgan fingerprint density at radius 3 is 2.60 bits per heavy atom. The van der Waals surface area contributed by atoms with Crippen molar-refractivity contribution in [1.29, 1.82) is 0 Å². The maximum Gasteiger partial charge on any atom is 0.352 e. The highest BCUT2D eigenvalue weighted by Gasteiger charge is 2.15. The van der Waals surface area contributed by atoms with Crippen LogP contribution in [0, 0.1) is 5.41 Å². The maximum absolute atomic E-state index is 10.9. The number of hydrogen-bond acceptors (Lipinski definition) is 1. The van der Waals surface area contributed by atoms with Crippen molar-refractivity contribution in [1.82, 2.24) is 4.57 Å². The third-order valence-corrected chi connectivity index (χ3v) is 2.39. The lowest BCUT2D eigenvalue weighted by molar-refractivity contribution is 0.0684. The van der Waals surface area contributed by atoms with E-state index in [4.69, 9.17) is 16.7 Å². The summed E-state index contributed by atoms with van der Waals surface area (Å²) >= 11 is 5.78. The zero-order valence-electron chi connectivity index (χ0n) is 9.25. The van der Waals surface area contributed by atoms with Gasteiger partial charge in [-0.2, -0.15) is 0 Å². The summed E-state index contributed by atoms with van der Waals surface area (Å²) in [4.78, 5) is 10.9. The monoisotopic (exact) mass is 229 g/mol. The van der Waals surface area contributed by atoms with Crippen LogP contribution in [0.5, 0.6) is 0 Å². The molecule has 4 heteroatoms. The van der Waals surface area contributed by atoms with Gasteiger partial charge in [0.2, 0.25) is 0 Å². The highest BCUT2D eigenvalue weighted by atomic mass is 35.5. The van der Waals surface area contributed by atoms with Gasteiger partial charge in [-0.1, -0.05) is 32.4 Å². The van der Waals surface area contributed by atoms with Crippen LogP contribution in [0.2, 0.25) is 5.02 Å². The molecular formula is C11H16ClNO2. The minimum atomic E-state index is -0.934. The molecule has 0 atom stereocenters. The summed E-state index contributed by atoms with van der Waals surface area (Å²) in [5, 5.41) is 9.40. The van der Waals surface area contributed by atoms with Crippen LogP contribution in [0.15, 0.2) is 12.3 Å². The molecule has 84 valence electrons. The quantitative estimate of drug-likeness (QED) is 0.864. The van der Waals surface area contributed by atoms with Gasteiger partial charge < -0.3 is 9.67 Å². The van der Waals surface area contributed by atoms with E-state index < -0.39 is 5.97 Å². The second-order valence-electron chi connectivity index (χ2n) is 4.85. The second kappa shape index (κ2) is 4.27. The molecule has 0 aliphatic rings. The molecule has 0 aliphatic carbocycles. The average molecular weight is 230 g/mol. The number of aryl methyl sites for hydroxylation is 1. The summed E-state index contributed by atoms with van der Waals surface area (Å²) in [5.41, 5.74) is 0.441. The van der Waals surface area contributed by atoms with Crippen molar-refractivity contribution >= 4 is 17.6 Å². The smallest absolute Gasteiger partial charge is 0.352 e. The molecule has 0 bridgehead atoms. The van der Waals surface area contributed by atoms with Gasteiger partial charge in [-0.25, -0.2) is 4.79 Å². The van der Waals surface area contributed by atoms with Crippen molar-refractivity contribution in [2.75, 3.05) is 0 Å². The summed E-state index contributed by atoms with van der Waals surface area (Å²) in [7, 11) is 0. The van der Waals surface area contributed by atoms with E-state index in [9.17, 15) is 4.79 Å². The molecule has 1 N–H and O–H groups in total. The number of halogens is 1. The first-order chi connectivity index (χ1) is 6.79. The standard InChI is InChI=1S/C11H16ClNO2/c1-11(2,3)4-5-13-7-8(12)6-9(13)10(14)15/h6-7H,4-5H2,1-3H3,(H,14,15). The molecule has 1 heterocycles. The Morgan fingerprint density at radius 2 is 2.13 bits per heavy atom. The highest BCUT2D eigenvalue weighted by Crippen LogP contribution is 2.22. The number of aromatic nitrogens is 1. The number of hydrogen-bond donors (Lipinski definition) is 1.